The van der Waals surface area contributed by atoms with Crippen LogP contribution in [0.3, 0.4) is 0 Å². The molecule has 0 spiro atoms. The van der Waals surface area contributed by atoms with E-state index in [1.54, 1.807) is 19.4 Å². The molecule has 0 aliphatic heterocycles. The lowest BCUT2D eigenvalue weighted by atomic mass is 10.0. The van der Waals surface area contributed by atoms with Crippen molar-refractivity contribution in [3.63, 3.8) is 0 Å². The molecule has 0 fully saturated rings. The molecule has 2 N–H and O–H groups in total. The van der Waals surface area contributed by atoms with Crippen molar-refractivity contribution < 1.29 is 18.6 Å². The van der Waals surface area contributed by atoms with Crippen LogP contribution in [0.25, 0.3) is 22.1 Å². The van der Waals surface area contributed by atoms with Crippen LogP contribution in [0.5, 0.6) is 17.2 Å². The van der Waals surface area contributed by atoms with Gasteiger partial charge in [-0.3, -0.25) is 0 Å². The number of hydrogen-bond donors (Lipinski definition) is 2. The molecule has 0 saturated heterocycles. The van der Waals surface area contributed by atoms with Gasteiger partial charge in [-0.1, -0.05) is 0 Å². The number of nitrogens with one attached hydrogen (secondary N) is 2. The standard InChI is InChI=1S/C24H21FN4O3/c1-30-16-5-6-19-20(10-16)29-23(28-19)13-32-22-11-18(25)14(9-21(22)31-2)8-15-12-27-24-17(15)4-3-7-26-24/h3-7,9-12H,8,13H2,1-2H3,(H,26,27)(H,28,29). The van der Waals surface area contributed by atoms with Gasteiger partial charge in [0.1, 0.15) is 29.6 Å². The fraction of sp³-hybridized carbons (Fsp3) is 0.167. The van der Waals surface area contributed by atoms with E-state index in [4.69, 9.17) is 14.2 Å². The van der Waals surface area contributed by atoms with Crippen molar-refractivity contribution in [2.45, 2.75) is 13.0 Å². The van der Waals surface area contributed by atoms with Crippen molar-refractivity contribution >= 4 is 22.1 Å². The zero-order valence-electron chi connectivity index (χ0n) is 17.6. The number of H-pyrrole nitrogens is 2. The Morgan fingerprint density at radius 3 is 2.75 bits per heavy atom. The minimum absolute atomic E-state index is 0.139. The van der Waals surface area contributed by atoms with Crippen LogP contribution >= 0.6 is 0 Å². The quantitative estimate of drug-likeness (QED) is 0.387. The Labute approximate surface area is 183 Å². The number of methoxy groups -OCH3 is 2. The summed E-state index contributed by atoms with van der Waals surface area (Å²) in [5.41, 5.74) is 3.88. The summed E-state index contributed by atoms with van der Waals surface area (Å²) in [7, 11) is 3.15. The molecule has 32 heavy (non-hydrogen) atoms. The van der Waals surface area contributed by atoms with Gasteiger partial charge in [0, 0.05) is 36.3 Å². The number of rotatable bonds is 7. The van der Waals surface area contributed by atoms with Crippen LogP contribution in [-0.4, -0.2) is 34.2 Å². The molecule has 3 aromatic heterocycles. The molecule has 7 nitrogen and oxygen atoms in total. The monoisotopic (exact) mass is 432 g/mol. The predicted octanol–water partition coefficient (Wildman–Crippen LogP) is 4.77. The highest BCUT2D eigenvalue weighted by molar-refractivity contribution is 5.80. The zero-order chi connectivity index (χ0) is 22.1. The van der Waals surface area contributed by atoms with Crippen molar-refractivity contribution in [2.75, 3.05) is 14.2 Å². The second-order valence-electron chi connectivity index (χ2n) is 7.34. The van der Waals surface area contributed by atoms with Crippen LogP contribution in [-0.2, 0) is 13.0 Å². The van der Waals surface area contributed by atoms with Gasteiger partial charge < -0.3 is 24.2 Å². The van der Waals surface area contributed by atoms with Gasteiger partial charge in [-0.25, -0.2) is 14.4 Å². The average molecular weight is 432 g/mol. The van der Waals surface area contributed by atoms with Crippen LogP contribution in [0.1, 0.15) is 17.0 Å². The highest BCUT2D eigenvalue weighted by atomic mass is 19.1. The molecule has 5 rings (SSSR count). The fourth-order valence-corrected chi connectivity index (χ4v) is 3.73. The topological polar surface area (TPSA) is 85.1 Å². The molecule has 2 aromatic carbocycles. The van der Waals surface area contributed by atoms with E-state index in [-0.39, 0.29) is 12.4 Å². The molecule has 162 valence electrons. The van der Waals surface area contributed by atoms with E-state index in [9.17, 15) is 4.39 Å². The number of benzene rings is 2. The average Bonchev–Trinajstić information content (AvgIpc) is 3.42. The van der Waals surface area contributed by atoms with E-state index in [1.807, 2.05) is 36.5 Å². The maximum Gasteiger partial charge on any atom is 0.164 e. The highest BCUT2D eigenvalue weighted by Gasteiger charge is 2.15. The summed E-state index contributed by atoms with van der Waals surface area (Å²) in [6.07, 6.45) is 3.97. The van der Waals surface area contributed by atoms with Gasteiger partial charge in [0.15, 0.2) is 11.5 Å². The molecule has 3 heterocycles. The summed E-state index contributed by atoms with van der Waals surface area (Å²) in [6.45, 7) is 0.139. The lowest BCUT2D eigenvalue weighted by Crippen LogP contribution is -2.02. The molecule has 0 unspecified atom stereocenters. The van der Waals surface area contributed by atoms with Crippen molar-refractivity contribution in [1.82, 2.24) is 19.9 Å². The smallest absolute Gasteiger partial charge is 0.164 e. The molecule has 0 bridgehead atoms. The third-order valence-corrected chi connectivity index (χ3v) is 5.35. The van der Waals surface area contributed by atoms with Crippen LogP contribution < -0.4 is 14.2 Å². The number of hydrogen-bond acceptors (Lipinski definition) is 5. The molecular weight excluding hydrogens is 411 g/mol. The molecule has 0 aliphatic carbocycles. The van der Waals surface area contributed by atoms with Crippen LogP contribution in [0.15, 0.2) is 54.9 Å². The number of pyridine rings is 1. The zero-order valence-corrected chi connectivity index (χ0v) is 17.6. The van der Waals surface area contributed by atoms with E-state index in [0.29, 0.717) is 29.3 Å². The molecule has 0 radical (unpaired) electrons. The molecule has 8 heteroatoms. The van der Waals surface area contributed by atoms with E-state index in [2.05, 4.69) is 19.9 Å². The number of nitrogens with zero attached hydrogens (tertiary/aromatic N) is 2. The summed E-state index contributed by atoms with van der Waals surface area (Å²) < 4.78 is 31.5. The van der Waals surface area contributed by atoms with Crippen LogP contribution in [0.2, 0.25) is 0 Å². The van der Waals surface area contributed by atoms with Gasteiger partial charge in [0.25, 0.3) is 0 Å². The van der Waals surface area contributed by atoms with Gasteiger partial charge in [-0.15, -0.1) is 0 Å². The first kappa shape index (κ1) is 19.9. The minimum Gasteiger partial charge on any atom is -0.497 e. The Hall–Kier alpha value is -4.07. The SMILES string of the molecule is COc1ccc2nc(COc3cc(F)c(Cc4c[nH]c5ncccc45)cc3OC)[nH]c2c1. The summed E-state index contributed by atoms with van der Waals surface area (Å²) in [5.74, 6) is 1.75. The fourth-order valence-electron chi connectivity index (χ4n) is 3.73. The van der Waals surface area contributed by atoms with Gasteiger partial charge >= 0.3 is 0 Å². The number of fused-ring (bicyclic) bond motifs is 2. The number of aromatic nitrogens is 4. The second-order valence-corrected chi connectivity index (χ2v) is 7.34. The summed E-state index contributed by atoms with van der Waals surface area (Å²) >= 11 is 0. The van der Waals surface area contributed by atoms with Gasteiger partial charge in [0.05, 0.1) is 25.3 Å². The Morgan fingerprint density at radius 2 is 1.91 bits per heavy atom. The molecule has 0 aliphatic rings. The Bertz CT molecular complexity index is 1410. The summed E-state index contributed by atoms with van der Waals surface area (Å²) in [6, 6.07) is 12.4. The number of halogens is 1. The van der Waals surface area contributed by atoms with E-state index >= 15 is 0 Å². The van der Waals surface area contributed by atoms with E-state index in [1.165, 1.54) is 13.2 Å². The van der Waals surface area contributed by atoms with Gasteiger partial charge in [-0.05, 0) is 41.5 Å². The number of ether oxygens (including phenoxy) is 3. The summed E-state index contributed by atoms with van der Waals surface area (Å²) in [5, 5.41) is 0.965. The lowest BCUT2D eigenvalue weighted by Gasteiger charge is -2.12. The molecule has 5 aromatic rings. The first-order valence-electron chi connectivity index (χ1n) is 10.1. The number of imidazole rings is 1. The van der Waals surface area contributed by atoms with Crippen LogP contribution in [0.4, 0.5) is 4.39 Å². The number of aromatic amines is 2. The largest absolute Gasteiger partial charge is 0.497 e. The third-order valence-electron chi connectivity index (χ3n) is 5.35. The van der Waals surface area contributed by atoms with Crippen molar-refractivity contribution in [3.8, 4) is 17.2 Å². The Balaban J connectivity index is 1.37. The molecule has 0 saturated carbocycles. The normalized spacial score (nSPS) is 11.2. The molecular formula is C24H21FN4O3. The third kappa shape index (κ3) is 3.71. The Morgan fingerprint density at radius 1 is 1.00 bits per heavy atom. The first-order chi connectivity index (χ1) is 15.6. The van der Waals surface area contributed by atoms with Crippen molar-refractivity contribution in [2.24, 2.45) is 0 Å². The van der Waals surface area contributed by atoms with Crippen molar-refractivity contribution in [3.05, 3.63) is 77.6 Å². The second kappa shape index (κ2) is 8.22. The predicted molar refractivity (Wildman–Crippen MR) is 119 cm³/mol. The van der Waals surface area contributed by atoms with E-state index < -0.39 is 0 Å². The summed E-state index contributed by atoms with van der Waals surface area (Å²) in [4.78, 5) is 15.1. The first-order valence-corrected chi connectivity index (χ1v) is 10.1. The van der Waals surface area contributed by atoms with Gasteiger partial charge in [0.2, 0.25) is 0 Å². The van der Waals surface area contributed by atoms with Crippen molar-refractivity contribution in [1.29, 1.82) is 0 Å². The van der Waals surface area contributed by atoms with Crippen LogP contribution in [0, 0.1) is 5.82 Å². The maximum absolute atomic E-state index is 14.9. The Kier molecular flexibility index (Phi) is 5.10. The highest BCUT2D eigenvalue weighted by Crippen LogP contribution is 2.33. The van der Waals surface area contributed by atoms with E-state index in [0.717, 1.165) is 33.4 Å². The molecule has 0 atom stereocenters. The molecule has 0 amide bonds. The maximum atomic E-state index is 14.9. The van der Waals surface area contributed by atoms with Gasteiger partial charge in [-0.2, -0.15) is 0 Å². The minimum atomic E-state index is -0.367. The lowest BCUT2D eigenvalue weighted by molar-refractivity contribution is 0.275.